The number of aromatic hydroxyl groups is 1. The highest BCUT2D eigenvalue weighted by molar-refractivity contribution is 7.80. The minimum Gasteiger partial charge on any atom is -0.507 e. The Balaban J connectivity index is 4.64. The van der Waals surface area contributed by atoms with Gasteiger partial charge in [-0.2, -0.15) is 0 Å². The number of carbonyl (C=O) groups excluding carboxylic acids is 1. The van der Waals surface area contributed by atoms with Gasteiger partial charge >= 0.3 is 5.97 Å². The number of esters is 1. The van der Waals surface area contributed by atoms with Crippen LogP contribution in [0.2, 0.25) is 0 Å². The summed E-state index contributed by atoms with van der Waals surface area (Å²) in [4.78, 5) is 16.8. The largest absolute Gasteiger partial charge is 0.507 e. The van der Waals surface area contributed by atoms with Crippen LogP contribution in [0.4, 0.5) is 0 Å². The first-order valence-electron chi connectivity index (χ1n) is 32.1. The van der Waals surface area contributed by atoms with E-state index in [-0.39, 0.29) is 40.2 Å². The van der Waals surface area contributed by atoms with Crippen LogP contribution in [0.5, 0.6) is 5.75 Å². The zero-order chi connectivity index (χ0) is 59.3. The van der Waals surface area contributed by atoms with Crippen molar-refractivity contribution < 1.29 is 45.3 Å². The van der Waals surface area contributed by atoms with Crippen molar-refractivity contribution in [3.05, 3.63) is 28.8 Å². The van der Waals surface area contributed by atoms with Crippen LogP contribution in [-0.4, -0.2) is 83.3 Å². The van der Waals surface area contributed by atoms with Gasteiger partial charge in [0.15, 0.2) is 15.2 Å². The molecule has 0 aliphatic heterocycles. The number of aliphatic hydroxyl groups excluding tert-OH is 6. The Kier molecular flexibility index (Phi) is 39.8. The van der Waals surface area contributed by atoms with Crippen LogP contribution in [0.1, 0.15) is 316 Å². The third-order valence-electron chi connectivity index (χ3n) is 17.3. The smallest absolute Gasteiger partial charge is 0.313 e. The Morgan fingerprint density at radius 2 is 0.759 bits per heavy atom. The molecular weight excluding hydrogens is 1040 g/mol. The van der Waals surface area contributed by atoms with Crippen molar-refractivity contribution >= 4 is 57.8 Å². The fourth-order valence-electron chi connectivity index (χ4n) is 12.6. The lowest BCUT2D eigenvalue weighted by Gasteiger charge is -2.52. The van der Waals surface area contributed by atoms with E-state index in [0.717, 1.165) is 82.6 Å². The lowest BCUT2D eigenvalue weighted by molar-refractivity contribution is -0.177. The summed E-state index contributed by atoms with van der Waals surface area (Å²) < 4.78 is 6.64. The highest BCUT2D eigenvalue weighted by Crippen LogP contribution is 2.60. The lowest BCUT2D eigenvalue weighted by Crippen LogP contribution is -2.54. The Labute approximate surface area is 500 Å². The minimum atomic E-state index is -1.65. The second-order valence-corrected chi connectivity index (χ2v) is 27.7. The first-order valence-corrected chi connectivity index (χ1v) is 33.3. The van der Waals surface area contributed by atoms with Crippen molar-refractivity contribution in [2.24, 2.45) is 28.6 Å². The molecule has 0 saturated carbocycles. The van der Waals surface area contributed by atoms with E-state index in [1.165, 1.54) is 103 Å². The van der Waals surface area contributed by atoms with Gasteiger partial charge in [-0.1, -0.05) is 267 Å². The van der Waals surface area contributed by atoms with E-state index < -0.39 is 77.7 Å². The summed E-state index contributed by atoms with van der Waals surface area (Å²) in [5.41, 5.74) is -2.23. The monoisotopic (exact) mass is 1160 g/mol. The molecule has 12 heteroatoms. The number of rotatable bonds is 50. The normalized spacial score (nSPS) is 14.6. The van der Waals surface area contributed by atoms with Crippen LogP contribution >= 0.6 is 36.7 Å². The maximum Gasteiger partial charge on any atom is 0.313 e. The zero-order valence-corrected chi connectivity index (χ0v) is 54.4. The minimum absolute atomic E-state index is 0.0406. The Bertz CT molecular complexity index is 1710. The number of phenols is 1. The van der Waals surface area contributed by atoms with Gasteiger partial charge in [-0.3, -0.25) is 4.79 Å². The van der Waals surface area contributed by atoms with Crippen molar-refractivity contribution in [2.45, 2.75) is 310 Å². The van der Waals surface area contributed by atoms with Crippen molar-refractivity contribution in [1.29, 1.82) is 0 Å². The summed E-state index contributed by atoms with van der Waals surface area (Å²) in [7, 11) is 0. The molecule has 7 N–H and O–H groups in total. The van der Waals surface area contributed by atoms with Gasteiger partial charge in [-0.15, -0.1) is 0 Å². The quantitative estimate of drug-likeness (QED) is 0.0188. The molecule has 0 spiro atoms. The van der Waals surface area contributed by atoms with Gasteiger partial charge in [-0.25, -0.2) is 0 Å². The average Bonchev–Trinajstić information content (AvgIpc) is 3.38. The zero-order valence-electron chi connectivity index (χ0n) is 51.9. The van der Waals surface area contributed by atoms with E-state index in [2.05, 4.69) is 62.3 Å². The van der Waals surface area contributed by atoms with Crippen LogP contribution < -0.4 is 0 Å². The van der Waals surface area contributed by atoms with E-state index in [4.69, 9.17) is 41.4 Å². The van der Waals surface area contributed by atoms with Gasteiger partial charge in [0.1, 0.15) is 12.4 Å². The molecule has 4 unspecified atom stereocenters. The highest BCUT2D eigenvalue weighted by atomic mass is 32.1. The summed E-state index contributed by atoms with van der Waals surface area (Å²) in [6, 6.07) is 4.07. The first kappa shape index (κ1) is 75.1. The molecule has 0 radical (unpaired) electrons. The van der Waals surface area contributed by atoms with Gasteiger partial charge in [0.25, 0.3) is 0 Å². The SMILES string of the molecule is CCCCCCCCCCCCC(CC(O)=S)C(c1cc(C(C)(C)C)c(O)c(C(C)(C)C)c1)C(C(=O)OCC(CO)(CO)CO)(C(CCCCCCCCCCCC)CC(O)=S)C(CCCCCCCCCCCC)CC(O)=S. The fourth-order valence-corrected chi connectivity index (χ4v) is 13.2. The second kappa shape index (κ2) is 41.9. The number of benzene rings is 1. The van der Waals surface area contributed by atoms with Gasteiger partial charge in [0, 0.05) is 25.2 Å². The van der Waals surface area contributed by atoms with Crippen molar-refractivity contribution in [3.63, 3.8) is 0 Å². The second-order valence-electron chi connectivity index (χ2n) is 26.3. The van der Waals surface area contributed by atoms with Crippen LogP contribution in [0.15, 0.2) is 12.1 Å². The van der Waals surface area contributed by atoms with Crippen molar-refractivity contribution in [2.75, 3.05) is 26.4 Å². The molecule has 4 atom stereocenters. The number of unbranched alkanes of at least 4 members (excludes halogenated alkanes) is 27. The standard InChI is InChI=1S/C67H120O9S3/c1-10-13-16-19-22-25-28-31-34-37-40-52(45-58(71)77)61(53-43-56(64(4,5)6)62(74)57(44-53)65(7,8)9)67(63(75)76-51-66(48-68,49-69)50-70,54(46-59(72)78)41-38-35-32-29-26-23-20-17-14-11-2)55(47-60(73)79)42-39-36-33-30-27-24-21-18-15-12-3/h43-44,52,54-55,61,68-70,74H,10-42,45-51H2,1-9H3,(H,71,77)(H,72,78)(H,73,79). The number of hydrogen-bond donors (Lipinski definition) is 7. The van der Waals surface area contributed by atoms with E-state index in [9.17, 15) is 35.7 Å². The van der Waals surface area contributed by atoms with Crippen LogP contribution in [-0.2, 0) is 20.4 Å². The number of aliphatic hydroxyl groups is 6. The molecule has 0 heterocycles. The van der Waals surface area contributed by atoms with Crippen LogP contribution in [0.3, 0.4) is 0 Å². The highest BCUT2D eigenvalue weighted by Gasteiger charge is 2.60. The number of carbonyl (C=O) groups is 1. The molecule has 1 aromatic rings. The van der Waals surface area contributed by atoms with Crippen molar-refractivity contribution in [1.82, 2.24) is 0 Å². The number of phenolic OH excluding ortho intramolecular Hbond substituents is 1. The molecule has 0 bridgehead atoms. The average molecular weight is 1170 g/mol. The molecule has 0 amide bonds. The van der Waals surface area contributed by atoms with Gasteiger partial charge < -0.3 is 40.5 Å². The molecule has 0 aliphatic carbocycles. The molecule has 0 saturated heterocycles. The number of hydrogen-bond acceptors (Lipinski definition) is 9. The Hall–Kier alpha value is -1.96. The Morgan fingerprint density at radius 1 is 0.468 bits per heavy atom. The van der Waals surface area contributed by atoms with Crippen molar-refractivity contribution in [3.8, 4) is 5.75 Å². The van der Waals surface area contributed by atoms with E-state index >= 15 is 4.79 Å². The van der Waals surface area contributed by atoms with Gasteiger partial charge in [0.2, 0.25) is 0 Å². The molecule has 0 aliphatic rings. The predicted molar refractivity (Wildman–Crippen MR) is 345 cm³/mol. The lowest BCUT2D eigenvalue weighted by atomic mass is 9.50. The van der Waals surface area contributed by atoms with Crippen LogP contribution in [0.25, 0.3) is 0 Å². The summed E-state index contributed by atoms with van der Waals surface area (Å²) in [6.07, 6.45) is 34.7. The predicted octanol–water partition coefficient (Wildman–Crippen LogP) is 19.2. The first-order chi connectivity index (χ1) is 37.6. The summed E-state index contributed by atoms with van der Waals surface area (Å²) in [5, 5.41) is 78.6. The third-order valence-corrected chi connectivity index (χ3v) is 17.8. The van der Waals surface area contributed by atoms with Gasteiger partial charge in [-0.05, 0) is 101 Å². The molecule has 79 heavy (non-hydrogen) atoms. The molecule has 9 nitrogen and oxygen atoms in total. The fraction of sp³-hybridized carbons (Fsp3) is 0.851. The third kappa shape index (κ3) is 28.5. The summed E-state index contributed by atoms with van der Waals surface area (Å²) >= 11 is 17.2. The maximum atomic E-state index is 16.8. The topological polar surface area (TPSA) is 168 Å². The molecule has 0 aromatic heterocycles. The molecule has 460 valence electrons. The Morgan fingerprint density at radius 3 is 1.04 bits per heavy atom. The summed E-state index contributed by atoms with van der Waals surface area (Å²) in [6.45, 7) is 16.6. The van der Waals surface area contributed by atoms with E-state index in [1.807, 2.05) is 12.1 Å². The van der Waals surface area contributed by atoms with Crippen LogP contribution in [0, 0.1) is 28.6 Å². The molecule has 0 fully saturated rings. The summed E-state index contributed by atoms with van der Waals surface area (Å²) in [5.74, 6) is -3.18. The van der Waals surface area contributed by atoms with E-state index in [1.54, 1.807) is 0 Å². The molecule has 1 aromatic carbocycles. The molecular formula is C67H120O9S3. The maximum absolute atomic E-state index is 16.8. The van der Waals surface area contributed by atoms with E-state index in [0.29, 0.717) is 43.2 Å². The molecule has 1 rings (SSSR count). The van der Waals surface area contributed by atoms with Gasteiger partial charge in [0.05, 0.1) is 30.7 Å². The number of ether oxygens (including phenoxy) is 1. The number of thiocarbonyl (C=S) groups is 3.